The van der Waals surface area contributed by atoms with Gasteiger partial charge in [0, 0.05) is 11.9 Å². The van der Waals surface area contributed by atoms with Gasteiger partial charge < -0.3 is 15.2 Å². The average Bonchev–Trinajstić information content (AvgIpc) is 2.97. The Morgan fingerprint density at radius 2 is 2.19 bits per heavy atom. The monoisotopic (exact) mass is 326 g/mol. The summed E-state index contributed by atoms with van der Waals surface area (Å²) in [5.74, 6) is -3.33. The van der Waals surface area contributed by atoms with Crippen molar-refractivity contribution in [3.05, 3.63) is 28.9 Å². The number of hydrogen-bond acceptors (Lipinski definition) is 5. The molecule has 1 atom stereocenters. The number of H-pyrrole nitrogens is 1. The smallest absolute Gasteiger partial charge is 0.327 e. The fourth-order valence-electron chi connectivity index (χ4n) is 1.78. The average molecular weight is 326 g/mol. The quantitative estimate of drug-likeness (QED) is 0.549. The van der Waals surface area contributed by atoms with Crippen molar-refractivity contribution in [3.8, 4) is 0 Å². The maximum Gasteiger partial charge on any atom is 0.327 e. The van der Waals surface area contributed by atoms with Crippen molar-refractivity contribution in [2.24, 2.45) is 0 Å². The molecule has 1 saturated heterocycles. The van der Waals surface area contributed by atoms with Crippen LogP contribution in [0.1, 0.15) is 12.1 Å². The van der Waals surface area contributed by atoms with E-state index in [0.29, 0.717) is 5.69 Å². The topological polar surface area (TPSA) is 111 Å². The molecule has 0 bridgehead atoms. The Bertz CT molecular complexity index is 638. The number of aromatic nitrogens is 1. The lowest BCUT2D eigenvalue weighted by Gasteiger charge is -2.21. The highest BCUT2D eigenvalue weighted by atomic mass is 32.2. The van der Waals surface area contributed by atoms with Crippen LogP contribution >= 0.6 is 24.0 Å². The zero-order valence-corrected chi connectivity index (χ0v) is 12.1. The van der Waals surface area contributed by atoms with Crippen molar-refractivity contribution in [2.75, 3.05) is 0 Å². The number of rotatable bonds is 5. The highest BCUT2D eigenvalue weighted by Crippen LogP contribution is 2.34. The molecule has 1 aromatic heterocycles. The van der Waals surface area contributed by atoms with E-state index in [1.807, 2.05) is 0 Å². The summed E-state index contributed by atoms with van der Waals surface area (Å²) in [4.78, 5) is 38.2. The van der Waals surface area contributed by atoms with E-state index in [0.717, 1.165) is 16.7 Å². The van der Waals surface area contributed by atoms with Gasteiger partial charge in [0.15, 0.2) is 0 Å². The van der Waals surface area contributed by atoms with Crippen molar-refractivity contribution in [2.45, 2.75) is 12.5 Å². The first-order valence-corrected chi connectivity index (χ1v) is 6.97. The molecule has 2 rings (SSSR count). The number of hydrogen-bond donors (Lipinski definition) is 3. The van der Waals surface area contributed by atoms with E-state index < -0.39 is 30.3 Å². The summed E-state index contributed by atoms with van der Waals surface area (Å²) in [5.41, 5.74) is 0.667. The number of carboxylic acids is 2. The van der Waals surface area contributed by atoms with Crippen LogP contribution in [0.2, 0.25) is 0 Å². The van der Waals surface area contributed by atoms with Gasteiger partial charge in [0.25, 0.3) is 5.91 Å². The summed E-state index contributed by atoms with van der Waals surface area (Å²) in [6.07, 6.45) is 2.51. The van der Waals surface area contributed by atoms with Crippen LogP contribution in [0.25, 0.3) is 6.08 Å². The van der Waals surface area contributed by atoms with Gasteiger partial charge in [-0.15, -0.1) is 0 Å². The molecule has 0 aromatic carbocycles. The highest BCUT2D eigenvalue weighted by molar-refractivity contribution is 8.26. The maximum atomic E-state index is 12.2. The van der Waals surface area contributed by atoms with Gasteiger partial charge in [-0.1, -0.05) is 24.0 Å². The summed E-state index contributed by atoms with van der Waals surface area (Å²) in [5, 5.41) is 17.9. The lowest BCUT2D eigenvalue weighted by atomic mass is 10.2. The van der Waals surface area contributed by atoms with E-state index in [1.165, 1.54) is 0 Å². The fraction of sp³-hybridized carbons (Fsp3) is 0.167. The van der Waals surface area contributed by atoms with Crippen LogP contribution in [0.5, 0.6) is 0 Å². The molecule has 1 aliphatic heterocycles. The number of nitrogens with one attached hydrogen (secondary N) is 1. The number of carbonyl (C=O) groups excluding carboxylic acids is 1. The van der Waals surface area contributed by atoms with Gasteiger partial charge in [-0.25, -0.2) is 4.79 Å². The van der Waals surface area contributed by atoms with E-state index in [9.17, 15) is 14.4 Å². The lowest BCUT2D eigenvalue weighted by molar-refractivity contribution is -0.150. The molecule has 1 aliphatic rings. The molecule has 0 spiro atoms. The fourth-order valence-corrected chi connectivity index (χ4v) is 3.13. The van der Waals surface area contributed by atoms with Crippen LogP contribution in [0.3, 0.4) is 0 Å². The minimum atomic E-state index is -1.51. The third-order valence-corrected chi connectivity index (χ3v) is 4.03. The number of carbonyl (C=O) groups is 3. The third kappa shape index (κ3) is 3.31. The van der Waals surface area contributed by atoms with Crippen LogP contribution in [-0.2, 0) is 14.4 Å². The number of aromatic amines is 1. The van der Waals surface area contributed by atoms with Gasteiger partial charge in [-0.05, 0) is 18.2 Å². The zero-order chi connectivity index (χ0) is 15.6. The van der Waals surface area contributed by atoms with Gasteiger partial charge in [-0.2, -0.15) is 0 Å². The van der Waals surface area contributed by atoms with Crippen molar-refractivity contribution in [1.29, 1.82) is 0 Å². The first kappa shape index (κ1) is 15.3. The predicted molar refractivity (Wildman–Crippen MR) is 79.5 cm³/mol. The van der Waals surface area contributed by atoms with Crippen molar-refractivity contribution in [1.82, 2.24) is 9.88 Å². The molecular formula is C12H10N2O5S2. The predicted octanol–water partition coefficient (Wildman–Crippen LogP) is 1.14. The molecule has 110 valence electrons. The minimum Gasteiger partial charge on any atom is -0.481 e. The number of thiocarbonyl (C=S) groups is 1. The highest BCUT2D eigenvalue weighted by Gasteiger charge is 2.41. The Hall–Kier alpha value is -2.13. The van der Waals surface area contributed by atoms with E-state index >= 15 is 0 Å². The van der Waals surface area contributed by atoms with E-state index in [2.05, 4.69) is 4.98 Å². The molecule has 0 saturated carbocycles. The summed E-state index contributed by atoms with van der Waals surface area (Å²) in [7, 11) is 0. The van der Waals surface area contributed by atoms with Crippen molar-refractivity contribution < 1.29 is 24.6 Å². The van der Waals surface area contributed by atoms with E-state index in [4.69, 9.17) is 22.4 Å². The van der Waals surface area contributed by atoms with Gasteiger partial charge in [0.05, 0.1) is 11.3 Å². The Balaban J connectivity index is 2.29. The second-order valence-electron chi connectivity index (χ2n) is 4.13. The van der Waals surface area contributed by atoms with Crippen LogP contribution in [0.15, 0.2) is 23.2 Å². The standard InChI is InChI=1S/C12H10N2O5S2/c15-9(16)5-7(11(18)19)14-10(17)8(21-12(14)20)4-6-2-1-3-13-6/h1-4,7,13H,5H2,(H,15,16)(H,18,19). The normalized spacial score (nSPS) is 18.3. The van der Waals surface area contributed by atoms with Crippen molar-refractivity contribution >= 4 is 52.2 Å². The molecule has 21 heavy (non-hydrogen) atoms. The second-order valence-corrected chi connectivity index (χ2v) is 5.80. The lowest BCUT2D eigenvalue weighted by Crippen LogP contribution is -2.45. The summed E-state index contributed by atoms with van der Waals surface area (Å²) < 4.78 is 0.0338. The maximum absolute atomic E-state index is 12.2. The Morgan fingerprint density at radius 3 is 2.71 bits per heavy atom. The minimum absolute atomic E-state index is 0.0338. The summed E-state index contributed by atoms with van der Waals surface area (Å²) >= 11 is 5.94. The Morgan fingerprint density at radius 1 is 1.48 bits per heavy atom. The zero-order valence-electron chi connectivity index (χ0n) is 10.5. The largest absolute Gasteiger partial charge is 0.481 e. The van der Waals surface area contributed by atoms with Gasteiger partial charge in [-0.3, -0.25) is 14.5 Å². The van der Waals surface area contributed by atoms with Gasteiger partial charge >= 0.3 is 11.9 Å². The molecule has 0 aliphatic carbocycles. The van der Waals surface area contributed by atoms with Crippen molar-refractivity contribution in [3.63, 3.8) is 0 Å². The van der Waals surface area contributed by atoms with Gasteiger partial charge in [0.1, 0.15) is 10.4 Å². The summed E-state index contributed by atoms with van der Waals surface area (Å²) in [6.45, 7) is 0. The Kier molecular flexibility index (Phi) is 4.43. The number of carboxylic acid groups (broad SMARTS) is 2. The van der Waals surface area contributed by atoms with E-state index in [-0.39, 0.29) is 9.23 Å². The molecule has 1 aromatic rings. The number of nitrogens with zero attached hydrogens (tertiary/aromatic N) is 1. The molecule has 1 amide bonds. The molecule has 1 fully saturated rings. The van der Waals surface area contributed by atoms with Crippen LogP contribution < -0.4 is 0 Å². The molecular weight excluding hydrogens is 316 g/mol. The van der Waals surface area contributed by atoms with E-state index in [1.54, 1.807) is 24.4 Å². The molecule has 7 nitrogen and oxygen atoms in total. The van der Waals surface area contributed by atoms with Crippen LogP contribution in [-0.4, -0.2) is 48.3 Å². The van der Waals surface area contributed by atoms with Gasteiger partial charge in [0.2, 0.25) is 0 Å². The molecule has 0 radical (unpaired) electrons. The first-order valence-electron chi connectivity index (χ1n) is 5.75. The van der Waals surface area contributed by atoms with Crippen LogP contribution in [0.4, 0.5) is 0 Å². The second kappa shape index (κ2) is 6.10. The molecule has 9 heteroatoms. The third-order valence-electron chi connectivity index (χ3n) is 2.70. The molecule has 1 unspecified atom stereocenters. The summed E-state index contributed by atoms with van der Waals surface area (Å²) in [6, 6.07) is 1.97. The molecule has 2 heterocycles. The first-order chi connectivity index (χ1) is 9.90. The Labute approximate surface area is 128 Å². The number of thioether (sulfide) groups is 1. The molecule has 3 N–H and O–H groups in total. The number of amides is 1. The SMILES string of the molecule is O=C(O)CC(C(=O)O)N1C(=O)C(=Cc2ccc[nH]2)SC1=S. The van der Waals surface area contributed by atoms with Crippen LogP contribution in [0, 0.1) is 0 Å². The number of aliphatic carboxylic acids is 2.